The number of carbonyl (C=O) groups excluding carboxylic acids is 2. The molecule has 0 spiro atoms. The maximum atomic E-state index is 13.8. The first-order valence-electron chi connectivity index (χ1n) is 10.8. The molecule has 7 heteroatoms. The van der Waals surface area contributed by atoms with Crippen LogP contribution in [0, 0.1) is 12.8 Å². The van der Waals surface area contributed by atoms with Crippen molar-refractivity contribution in [3.05, 3.63) is 88.9 Å². The van der Waals surface area contributed by atoms with Gasteiger partial charge < -0.3 is 4.90 Å². The summed E-state index contributed by atoms with van der Waals surface area (Å²) in [5.74, 6) is -0.578. The summed E-state index contributed by atoms with van der Waals surface area (Å²) in [7, 11) is 0. The lowest BCUT2D eigenvalue weighted by atomic mass is 10.1. The van der Waals surface area contributed by atoms with E-state index in [9.17, 15) is 9.59 Å². The van der Waals surface area contributed by atoms with E-state index in [1.54, 1.807) is 9.80 Å². The Balaban J connectivity index is 1.50. The predicted octanol–water partition coefficient (Wildman–Crippen LogP) is 5.84. The minimum atomic E-state index is -0.440. The first-order chi connectivity index (χ1) is 16.0. The van der Waals surface area contributed by atoms with Gasteiger partial charge in [0.05, 0.1) is 27.7 Å². The van der Waals surface area contributed by atoms with E-state index in [1.807, 2.05) is 79.7 Å². The number of aryl methyl sites for hydroxylation is 1. The number of hydrogen-bond acceptors (Lipinski definition) is 4. The van der Waals surface area contributed by atoms with Crippen molar-refractivity contribution in [1.29, 1.82) is 0 Å². The summed E-state index contributed by atoms with van der Waals surface area (Å²) in [6.07, 6.45) is 0.184. The lowest BCUT2D eigenvalue weighted by Crippen LogP contribution is -2.37. The van der Waals surface area contributed by atoms with Crippen molar-refractivity contribution in [3.8, 4) is 0 Å². The molecule has 2 heterocycles. The molecular weight excluding hydrogens is 454 g/mol. The highest BCUT2D eigenvalue weighted by Gasteiger charge is 2.38. The molecule has 0 aliphatic carbocycles. The van der Waals surface area contributed by atoms with Crippen LogP contribution in [0.3, 0.4) is 0 Å². The highest BCUT2D eigenvalue weighted by molar-refractivity contribution is 7.23. The fraction of sp³-hybridized carbons (Fsp3) is 0.192. The first-order valence-corrected chi connectivity index (χ1v) is 12.0. The molecule has 2 amide bonds. The molecule has 1 fully saturated rings. The van der Waals surface area contributed by atoms with Crippen molar-refractivity contribution in [2.45, 2.75) is 19.9 Å². The Morgan fingerprint density at radius 1 is 1.09 bits per heavy atom. The zero-order valence-electron chi connectivity index (χ0n) is 18.1. The SMILES string of the molecule is Cc1ccc(Cl)c2sc(N(Cc3ccccc3)C(=O)C3CC(=O)N(c4ccccc4)C3)nc12. The van der Waals surface area contributed by atoms with Gasteiger partial charge in [0.25, 0.3) is 0 Å². The maximum Gasteiger partial charge on any atom is 0.234 e. The third kappa shape index (κ3) is 4.24. The monoisotopic (exact) mass is 475 g/mol. The number of halogens is 1. The first kappa shape index (κ1) is 21.6. The van der Waals surface area contributed by atoms with Crippen LogP contribution in [-0.4, -0.2) is 23.3 Å². The minimum Gasteiger partial charge on any atom is -0.312 e. The number of para-hydroxylation sites is 1. The van der Waals surface area contributed by atoms with Crippen molar-refractivity contribution < 1.29 is 9.59 Å². The Kier molecular flexibility index (Phi) is 5.87. The molecule has 4 aromatic rings. The van der Waals surface area contributed by atoms with Gasteiger partial charge >= 0.3 is 0 Å². The van der Waals surface area contributed by atoms with Gasteiger partial charge in [0, 0.05) is 18.7 Å². The lowest BCUT2D eigenvalue weighted by Gasteiger charge is -2.23. The van der Waals surface area contributed by atoms with Crippen LogP contribution in [0.1, 0.15) is 17.5 Å². The molecule has 0 saturated carbocycles. The Labute approximate surface area is 201 Å². The van der Waals surface area contributed by atoms with Gasteiger partial charge in [-0.15, -0.1) is 0 Å². The standard InChI is InChI=1S/C26H22ClN3O2S/c1-17-12-13-21(27)24-23(17)28-26(33-24)30(15-18-8-4-2-5-9-18)25(32)19-14-22(31)29(16-19)20-10-6-3-7-11-20/h2-13,19H,14-16H2,1H3. The van der Waals surface area contributed by atoms with E-state index >= 15 is 0 Å². The van der Waals surface area contributed by atoms with Crippen LogP contribution in [0.15, 0.2) is 72.8 Å². The molecule has 1 aliphatic rings. The molecule has 0 radical (unpaired) electrons. The predicted molar refractivity (Wildman–Crippen MR) is 134 cm³/mol. The molecule has 1 unspecified atom stereocenters. The summed E-state index contributed by atoms with van der Waals surface area (Å²) in [6.45, 7) is 2.72. The zero-order chi connectivity index (χ0) is 22.9. The number of carbonyl (C=O) groups is 2. The molecule has 0 bridgehead atoms. The number of anilines is 2. The molecule has 0 N–H and O–H groups in total. The molecule has 5 nitrogen and oxygen atoms in total. The van der Waals surface area contributed by atoms with Crippen LogP contribution >= 0.6 is 22.9 Å². The molecule has 1 aromatic heterocycles. The molecule has 3 aromatic carbocycles. The Morgan fingerprint density at radius 2 is 1.79 bits per heavy atom. The number of aromatic nitrogens is 1. The topological polar surface area (TPSA) is 53.5 Å². The molecular formula is C26H22ClN3O2S. The van der Waals surface area contributed by atoms with Crippen molar-refractivity contribution in [3.63, 3.8) is 0 Å². The van der Waals surface area contributed by atoms with E-state index in [2.05, 4.69) is 0 Å². The van der Waals surface area contributed by atoms with Gasteiger partial charge in [0.2, 0.25) is 11.8 Å². The van der Waals surface area contributed by atoms with Gasteiger partial charge in [0.15, 0.2) is 5.13 Å². The number of rotatable bonds is 5. The third-order valence-corrected chi connectivity index (χ3v) is 7.45. The Hall–Kier alpha value is -3.22. The second-order valence-corrected chi connectivity index (χ2v) is 9.57. The summed E-state index contributed by atoms with van der Waals surface area (Å²) < 4.78 is 0.867. The van der Waals surface area contributed by atoms with E-state index in [0.717, 1.165) is 27.0 Å². The van der Waals surface area contributed by atoms with Crippen LogP contribution in [0.25, 0.3) is 10.2 Å². The van der Waals surface area contributed by atoms with Crippen molar-refractivity contribution in [1.82, 2.24) is 4.98 Å². The van der Waals surface area contributed by atoms with E-state index in [0.29, 0.717) is 23.2 Å². The van der Waals surface area contributed by atoms with Gasteiger partial charge in [-0.25, -0.2) is 4.98 Å². The van der Waals surface area contributed by atoms with Crippen molar-refractivity contribution in [2.75, 3.05) is 16.3 Å². The van der Waals surface area contributed by atoms with Gasteiger partial charge in [0.1, 0.15) is 0 Å². The van der Waals surface area contributed by atoms with Gasteiger partial charge in [-0.05, 0) is 36.2 Å². The Bertz CT molecular complexity index is 1280. The fourth-order valence-electron chi connectivity index (χ4n) is 4.16. The lowest BCUT2D eigenvalue weighted by molar-refractivity contribution is -0.124. The summed E-state index contributed by atoms with van der Waals surface area (Å²) in [4.78, 5) is 34.8. The maximum absolute atomic E-state index is 13.8. The van der Waals surface area contributed by atoms with E-state index in [4.69, 9.17) is 16.6 Å². The van der Waals surface area contributed by atoms with Crippen LogP contribution in [0.2, 0.25) is 5.02 Å². The number of thiazole rings is 1. The van der Waals surface area contributed by atoms with Gasteiger partial charge in [-0.3, -0.25) is 14.5 Å². The molecule has 1 atom stereocenters. The van der Waals surface area contributed by atoms with Gasteiger partial charge in [-0.1, -0.05) is 77.5 Å². The van der Waals surface area contributed by atoms with Crippen molar-refractivity contribution in [2.24, 2.45) is 5.92 Å². The number of fused-ring (bicyclic) bond motifs is 1. The number of amides is 2. The van der Waals surface area contributed by atoms with Gasteiger partial charge in [-0.2, -0.15) is 0 Å². The van der Waals surface area contributed by atoms with E-state index in [1.165, 1.54) is 11.3 Å². The highest BCUT2D eigenvalue weighted by Crippen LogP contribution is 2.37. The summed E-state index contributed by atoms with van der Waals surface area (Å²) in [5, 5.41) is 1.22. The average molecular weight is 476 g/mol. The molecule has 1 aliphatic heterocycles. The normalized spacial score (nSPS) is 15.9. The minimum absolute atomic E-state index is 0.0394. The van der Waals surface area contributed by atoms with E-state index in [-0.39, 0.29) is 18.2 Å². The summed E-state index contributed by atoms with van der Waals surface area (Å²) in [5.41, 5.74) is 3.63. The Morgan fingerprint density at radius 3 is 2.48 bits per heavy atom. The van der Waals surface area contributed by atoms with Crippen molar-refractivity contribution >= 4 is 55.8 Å². The van der Waals surface area contributed by atoms with Crippen LogP contribution in [0.5, 0.6) is 0 Å². The number of benzene rings is 3. The second-order valence-electron chi connectivity index (χ2n) is 8.19. The summed E-state index contributed by atoms with van der Waals surface area (Å²) in [6, 6.07) is 23.1. The zero-order valence-corrected chi connectivity index (χ0v) is 19.6. The number of hydrogen-bond donors (Lipinski definition) is 0. The average Bonchev–Trinajstić information content (AvgIpc) is 3.46. The molecule has 166 valence electrons. The fourth-order valence-corrected chi connectivity index (χ4v) is 5.48. The quantitative estimate of drug-likeness (QED) is 0.364. The van der Waals surface area contributed by atoms with Crippen LogP contribution in [-0.2, 0) is 16.1 Å². The smallest absolute Gasteiger partial charge is 0.234 e. The molecule has 33 heavy (non-hydrogen) atoms. The van der Waals surface area contributed by atoms with E-state index < -0.39 is 5.92 Å². The van der Waals surface area contributed by atoms with Crippen LogP contribution in [0.4, 0.5) is 10.8 Å². The number of nitrogens with zero attached hydrogens (tertiary/aromatic N) is 3. The second kappa shape index (κ2) is 8.96. The van der Waals surface area contributed by atoms with Crippen LogP contribution < -0.4 is 9.80 Å². The molecule has 5 rings (SSSR count). The largest absolute Gasteiger partial charge is 0.312 e. The third-order valence-electron chi connectivity index (χ3n) is 5.91. The highest BCUT2D eigenvalue weighted by atomic mass is 35.5. The summed E-state index contributed by atoms with van der Waals surface area (Å²) >= 11 is 7.85. The molecule has 1 saturated heterocycles.